The molecule has 5 heteroatoms. The van der Waals surface area contributed by atoms with Crippen LogP contribution in [0.1, 0.15) is 53.4 Å². The van der Waals surface area contributed by atoms with Crippen molar-refractivity contribution in [2.75, 3.05) is 0 Å². The molecule has 2 saturated heterocycles. The second kappa shape index (κ2) is 3.93. The molecule has 5 nitrogen and oxygen atoms in total. The summed E-state index contributed by atoms with van der Waals surface area (Å²) in [7, 11) is 0. The zero-order chi connectivity index (χ0) is 13.9. The van der Waals surface area contributed by atoms with Crippen molar-refractivity contribution in [2.45, 2.75) is 71.1 Å². The minimum atomic E-state index is -0.889. The summed E-state index contributed by atoms with van der Waals surface area (Å²) in [5, 5.41) is 0. The summed E-state index contributed by atoms with van der Waals surface area (Å²) in [5.74, 6) is -1.03. The Balaban J connectivity index is 1.99. The molecule has 0 aromatic heterocycles. The minimum Gasteiger partial charge on any atom is -0.432 e. The van der Waals surface area contributed by atoms with E-state index in [1.54, 1.807) is 13.8 Å². The molecule has 3 unspecified atom stereocenters. The Morgan fingerprint density at radius 3 is 2.58 bits per heavy atom. The van der Waals surface area contributed by atoms with Gasteiger partial charge in [-0.1, -0.05) is 12.8 Å². The van der Waals surface area contributed by atoms with Crippen LogP contribution in [0.2, 0.25) is 0 Å². The van der Waals surface area contributed by atoms with Gasteiger partial charge in [0, 0.05) is 5.92 Å². The normalized spacial score (nSPS) is 43.9. The summed E-state index contributed by atoms with van der Waals surface area (Å²) >= 11 is 0. The predicted octanol–water partition coefficient (Wildman–Crippen LogP) is 2.54. The van der Waals surface area contributed by atoms with Gasteiger partial charge in [-0.05, 0) is 40.5 Å². The van der Waals surface area contributed by atoms with Gasteiger partial charge in [-0.3, -0.25) is 4.79 Å². The fourth-order valence-electron chi connectivity index (χ4n) is 3.63. The summed E-state index contributed by atoms with van der Waals surface area (Å²) in [6, 6.07) is 0. The van der Waals surface area contributed by atoms with E-state index < -0.39 is 23.1 Å². The van der Waals surface area contributed by atoms with Gasteiger partial charge in [-0.25, -0.2) is 9.78 Å². The first-order chi connectivity index (χ1) is 8.78. The molecule has 2 heterocycles. The second-order valence-electron chi connectivity index (χ2n) is 6.90. The van der Waals surface area contributed by atoms with Gasteiger partial charge in [0.05, 0.1) is 5.41 Å². The standard InChI is InChI=1S/C14H22O5/c1-12(2)9-7-5-6-8-14(9)11(16-10(12)15)17-13(3,4)18-19-14/h9,11H,5-8H2,1-4H3. The van der Waals surface area contributed by atoms with Gasteiger partial charge in [0.2, 0.25) is 6.29 Å². The molecule has 0 bridgehead atoms. The molecule has 3 atom stereocenters. The first-order valence-electron chi connectivity index (χ1n) is 7.04. The predicted molar refractivity (Wildman–Crippen MR) is 65.7 cm³/mol. The highest BCUT2D eigenvalue weighted by atomic mass is 17.3. The summed E-state index contributed by atoms with van der Waals surface area (Å²) in [5.41, 5.74) is -1.21. The van der Waals surface area contributed by atoms with E-state index in [-0.39, 0.29) is 11.9 Å². The van der Waals surface area contributed by atoms with Gasteiger partial charge < -0.3 is 9.47 Å². The van der Waals surface area contributed by atoms with Crippen molar-refractivity contribution in [3.63, 3.8) is 0 Å². The number of hydrogen-bond acceptors (Lipinski definition) is 5. The van der Waals surface area contributed by atoms with Gasteiger partial charge in [0.1, 0.15) is 0 Å². The zero-order valence-corrected chi connectivity index (χ0v) is 12.0. The zero-order valence-electron chi connectivity index (χ0n) is 12.0. The Labute approximate surface area is 113 Å². The van der Waals surface area contributed by atoms with E-state index in [9.17, 15) is 4.79 Å². The molecule has 108 valence electrons. The highest BCUT2D eigenvalue weighted by Crippen LogP contribution is 2.55. The smallest absolute Gasteiger partial charge is 0.314 e. The maximum absolute atomic E-state index is 12.2. The fourth-order valence-corrected chi connectivity index (χ4v) is 3.63. The molecule has 0 N–H and O–H groups in total. The molecule has 0 amide bonds. The summed E-state index contributed by atoms with van der Waals surface area (Å²) in [6.07, 6.45) is 3.21. The third kappa shape index (κ3) is 1.82. The highest BCUT2D eigenvalue weighted by Gasteiger charge is 2.66. The van der Waals surface area contributed by atoms with E-state index in [2.05, 4.69) is 0 Å². The topological polar surface area (TPSA) is 54.0 Å². The van der Waals surface area contributed by atoms with Crippen LogP contribution < -0.4 is 0 Å². The van der Waals surface area contributed by atoms with Gasteiger partial charge in [0.15, 0.2) is 11.4 Å². The third-order valence-electron chi connectivity index (χ3n) is 4.70. The van der Waals surface area contributed by atoms with Crippen LogP contribution >= 0.6 is 0 Å². The largest absolute Gasteiger partial charge is 0.432 e. The molecule has 0 aromatic rings. The van der Waals surface area contributed by atoms with Crippen LogP contribution in [0.25, 0.3) is 0 Å². The Kier molecular flexibility index (Phi) is 2.76. The molecule has 0 radical (unpaired) electrons. The second-order valence-corrected chi connectivity index (χ2v) is 6.90. The summed E-state index contributed by atoms with van der Waals surface area (Å²) in [4.78, 5) is 23.4. The van der Waals surface area contributed by atoms with E-state index >= 15 is 0 Å². The van der Waals surface area contributed by atoms with Crippen molar-refractivity contribution < 1.29 is 24.0 Å². The van der Waals surface area contributed by atoms with Crippen molar-refractivity contribution in [1.82, 2.24) is 0 Å². The molecule has 1 spiro atoms. The lowest BCUT2D eigenvalue weighted by atomic mass is 9.61. The lowest BCUT2D eigenvalue weighted by Gasteiger charge is -2.58. The Bertz CT molecular complexity index is 403. The monoisotopic (exact) mass is 270 g/mol. The molecule has 3 fully saturated rings. The molecular weight excluding hydrogens is 248 g/mol. The Morgan fingerprint density at radius 2 is 1.84 bits per heavy atom. The quantitative estimate of drug-likeness (QED) is 0.500. The van der Waals surface area contributed by atoms with E-state index in [1.807, 2.05) is 13.8 Å². The third-order valence-corrected chi connectivity index (χ3v) is 4.70. The number of carbonyl (C=O) groups is 1. The van der Waals surface area contributed by atoms with Crippen molar-refractivity contribution in [3.05, 3.63) is 0 Å². The first-order valence-corrected chi connectivity index (χ1v) is 7.04. The van der Waals surface area contributed by atoms with Crippen LogP contribution in [-0.4, -0.2) is 23.6 Å². The van der Waals surface area contributed by atoms with Crippen LogP contribution in [0.3, 0.4) is 0 Å². The van der Waals surface area contributed by atoms with Crippen molar-refractivity contribution in [3.8, 4) is 0 Å². The van der Waals surface area contributed by atoms with Crippen molar-refractivity contribution in [2.24, 2.45) is 11.3 Å². The van der Waals surface area contributed by atoms with E-state index in [0.29, 0.717) is 0 Å². The van der Waals surface area contributed by atoms with E-state index in [1.165, 1.54) is 0 Å². The first kappa shape index (κ1) is 13.3. The fraction of sp³-hybridized carbons (Fsp3) is 0.929. The number of rotatable bonds is 0. The van der Waals surface area contributed by atoms with Gasteiger partial charge in [-0.2, -0.15) is 0 Å². The van der Waals surface area contributed by atoms with Gasteiger partial charge in [-0.15, -0.1) is 0 Å². The summed E-state index contributed by atoms with van der Waals surface area (Å²) < 4.78 is 11.3. The van der Waals surface area contributed by atoms with E-state index in [4.69, 9.17) is 19.2 Å². The minimum absolute atomic E-state index is 0.0658. The average molecular weight is 270 g/mol. The molecule has 3 rings (SSSR count). The number of esters is 1. The molecular formula is C14H22O5. The molecule has 19 heavy (non-hydrogen) atoms. The molecule has 2 aliphatic heterocycles. The van der Waals surface area contributed by atoms with Crippen LogP contribution in [0.4, 0.5) is 0 Å². The number of carbonyl (C=O) groups excluding carboxylic acids is 1. The Hall–Kier alpha value is -0.650. The van der Waals surface area contributed by atoms with Crippen LogP contribution in [-0.2, 0) is 24.0 Å². The highest BCUT2D eigenvalue weighted by molar-refractivity contribution is 5.77. The van der Waals surface area contributed by atoms with Gasteiger partial charge in [0.25, 0.3) is 0 Å². The number of hydrogen-bond donors (Lipinski definition) is 0. The summed E-state index contributed by atoms with van der Waals surface area (Å²) in [6.45, 7) is 7.36. The van der Waals surface area contributed by atoms with Crippen molar-refractivity contribution in [1.29, 1.82) is 0 Å². The lowest BCUT2D eigenvalue weighted by molar-refractivity contribution is -0.559. The molecule has 0 aromatic carbocycles. The lowest BCUT2D eigenvalue weighted by Crippen LogP contribution is -2.69. The van der Waals surface area contributed by atoms with Crippen LogP contribution in [0.15, 0.2) is 0 Å². The SMILES string of the molecule is CC1(C)OOC23CCCCC2C(C)(C)C(=O)OC3O1. The van der Waals surface area contributed by atoms with Crippen molar-refractivity contribution >= 4 is 5.97 Å². The van der Waals surface area contributed by atoms with Gasteiger partial charge >= 0.3 is 5.97 Å². The van der Waals surface area contributed by atoms with E-state index in [0.717, 1.165) is 25.7 Å². The molecule has 3 aliphatic rings. The maximum atomic E-state index is 12.2. The number of ether oxygens (including phenoxy) is 2. The average Bonchev–Trinajstić information content (AvgIpc) is 2.33. The molecule has 1 saturated carbocycles. The molecule has 1 aliphatic carbocycles. The van der Waals surface area contributed by atoms with Crippen LogP contribution in [0.5, 0.6) is 0 Å². The Morgan fingerprint density at radius 1 is 1.11 bits per heavy atom. The van der Waals surface area contributed by atoms with Crippen LogP contribution in [0, 0.1) is 11.3 Å². The maximum Gasteiger partial charge on any atom is 0.314 e.